The molecule has 2 fully saturated rings. The van der Waals surface area contributed by atoms with Gasteiger partial charge in [0.2, 0.25) is 11.8 Å². The summed E-state index contributed by atoms with van der Waals surface area (Å²) in [5, 5.41) is 2.59. The molecule has 3 amide bonds. The van der Waals surface area contributed by atoms with Crippen LogP contribution in [0, 0.1) is 5.92 Å². The molecule has 0 spiro atoms. The van der Waals surface area contributed by atoms with Gasteiger partial charge >= 0.3 is 0 Å². The average Bonchev–Trinajstić information content (AvgIpc) is 2.78. The van der Waals surface area contributed by atoms with E-state index in [9.17, 15) is 14.4 Å². The van der Waals surface area contributed by atoms with E-state index in [1.165, 1.54) is 37.0 Å². The molecule has 5 nitrogen and oxygen atoms in total. The fraction of sp³-hybridized carbons (Fsp3) is 0.786. The molecule has 1 saturated carbocycles. The van der Waals surface area contributed by atoms with Crippen LogP contribution in [0.4, 0.5) is 4.79 Å². The first-order valence-electron chi connectivity index (χ1n) is 7.40. The number of nitrogens with one attached hydrogen (secondary N) is 1. The minimum atomic E-state index is -0.202. The first-order chi connectivity index (χ1) is 9.66. The maximum atomic E-state index is 11.7. The molecule has 112 valence electrons. The van der Waals surface area contributed by atoms with Gasteiger partial charge in [0.15, 0.2) is 0 Å². The number of amides is 3. The van der Waals surface area contributed by atoms with Crippen LogP contribution in [0.3, 0.4) is 0 Å². The first-order valence-corrected chi connectivity index (χ1v) is 8.39. The third kappa shape index (κ3) is 4.51. The highest BCUT2D eigenvalue weighted by Crippen LogP contribution is 2.27. The predicted molar refractivity (Wildman–Crippen MR) is 78.4 cm³/mol. The monoisotopic (exact) mass is 298 g/mol. The Labute approximate surface area is 123 Å². The van der Waals surface area contributed by atoms with E-state index in [4.69, 9.17) is 0 Å². The molecule has 1 heterocycles. The zero-order valence-corrected chi connectivity index (χ0v) is 12.5. The highest BCUT2D eigenvalue weighted by molar-refractivity contribution is 8.14. The van der Waals surface area contributed by atoms with E-state index >= 15 is 0 Å². The van der Waals surface area contributed by atoms with E-state index in [-0.39, 0.29) is 22.8 Å². The van der Waals surface area contributed by atoms with Crippen LogP contribution in [0.2, 0.25) is 0 Å². The highest BCUT2D eigenvalue weighted by Gasteiger charge is 2.29. The maximum absolute atomic E-state index is 11.7. The van der Waals surface area contributed by atoms with Gasteiger partial charge in [-0.3, -0.25) is 19.3 Å². The van der Waals surface area contributed by atoms with Gasteiger partial charge in [0.25, 0.3) is 5.24 Å². The zero-order chi connectivity index (χ0) is 14.4. The molecular formula is C14H22N2O3S. The van der Waals surface area contributed by atoms with Gasteiger partial charge < -0.3 is 5.32 Å². The number of hydrogen-bond donors (Lipinski definition) is 1. The molecule has 20 heavy (non-hydrogen) atoms. The molecule has 2 rings (SSSR count). The van der Waals surface area contributed by atoms with Crippen molar-refractivity contribution in [3.63, 3.8) is 0 Å². The van der Waals surface area contributed by atoms with E-state index in [1.54, 1.807) is 0 Å². The lowest BCUT2D eigenvalue weighted by Gasteiger charge is -2.21. The van der Waals surface area contributed by atoms with Gasteiger partial charge in [-0.25, -0.2) is 0 Å². The van der Waals surface area contributed by atoms with E-state index in [2.05, 4.69) is 5.32 Å². The average molecular weight is 298 g/mol. The third-order valence-electron chi connectivity index (χ3n) is 4.00. The van der Waals surface area contributed by atoms with Crippen molar-refractivity contribution in [1.82, 2.24) is 10.2 Å². The summed E-state index contributed by atoms with van der Waals surface area (Å²) in [6, 6.07) is 0. The van der Waals surface area contributed by atoms with E-state index < -0.39 is 0 Å². The molecule has 0 unspecified atom stereocenters. The standard InChI is InChI=1S/C14H22N2O3S/c17-12(7-6-11-4-2-1-3-5-11)15-8-9-16-13(18)10-20-14(16)19/h11H,1-10H2,(H,15,17). The van der Waals surface area contributed by atoms with Crippen LogP contribution < -0.4 is 5.32 Å². The molecule has 1 aliphatic heterocycles. The summed E-state index contributed by atoms with van der Waals surface area (Å²) in [6.07, 6.45) is 7.94. The van der Waals surface area contributed by atoms with Crippen molar-refractivity contribution in [2.45, 2.75) is 44.9 Å². The Morgan fingerprint density at radius 2 is 2.00 bits per heavy atom. The minimum Gasteiger partial charge on any atom is -0.354 e. The SMILES string of the molecule is O=C(CCC1CCCCC1)NCCN1C(=O)CSC1=O. The summed E-state index contributed by atoms with van der Waals surface area (Å²) < 4.78 is 0. The largest absolute Gasteiger partial charge is 0.354 e. The Balaban J connectivity index is 1.58. The van der Waals surface area contributed by atoms with Gasteiger partial charge in [0, 0.05) is 19.5 Å². The fourth-order valence-corrected chi connectivity index (χ4v) is 3.56. The molecular weight excluding hydrogens is 276 g/mol. The van der Waals surface area contributed by atoms with Crippen LogP contribution in [0.5, 0.6) is 0 Å². The Bertz CT molecular complexity index is 365. The summed E-state index contributed by atoms with van der Waals surface area (Å²) in [5.41, 5.74) is 0. The van der Waals surface area contributed by atoms with Crippen LogP contribution in [0.1, 0.15) is 44.9 Å². The van der Waals surface area contributed by atoms with Gasteiger partial charge in [0.05, 0.1) is 5.75 Å². The molecule has 0 aromatic heterocycles. The molecule has 0 aromatic carbocycles. The molecule has 6 heteroatoms. The second-order valence-corrected chi connectivity index (χ2v) is 6.42. The molecule has 0 aromatic rings. The van der Waals surface area contributed by atoms with E-state index in [1.807, 2.05) is 0 Å². The van der Waals surface area contributed by atoms with E-state index in [0.29, 0.717) is 25.4 Å². The van der Waals surface area contributed by atoms with Crippen molar-refractivity contribution in [2.24, 2.45) is 5.92 Å². The quantitative estimate of drug-likeness (QED) is 0.816. The summed E-state index contributed by atoms with van der Waals surface area (Å²) in [6.45, 7) is 0.654. The molecule has 1 N–H and O–H groups in total. The fourth-order valence-electron chi connectivity index (χ4n) is 2.80. The van der Waals surface area contributed by atoms with Crippen molar-refractivity contribution < 1.29 is 14.4 Å². The minimum absolute atomic E-state index is 0.0299. The van der Waals surface area contributed by atoms with E-state index in [0.717, 1.165) is 18.2 Å². The van der Waals surface area contributed by atoms with Crippen molar-refractivity contribution in [3.05, 3.63) is 0 Å². The molecule has 1 aliphatic carbocycles. The molecule has 1 saturated heterocycles. The first kappa shape index (κ1) is 15.4. The molecule has 0 bridgehead atoms. The molecule has 0 radical (unpaired) electrons. The Kier molecular flexibility index (Phi) is 5.88. The van der Waals surface area contributed by atoms with Gasteiger partial charge in [0.1, 0.15) is 0 Å². The van der Waals surface area contributed by atoms with Crippen LogP contribution >= 0.6 is 11.8 Å². The van der Waals surface area contributed by atoms with Gasteiger partial charge in [-0.15, -0.1) is 0 Å². The Hall–Kier alpha value is -1.04. The van der Waals surface area contributed by atoms with Crippen molar-refractivity contribution in [1.29, 1.82) is 0 Å². The smallest absolute Gasteiger partial charge is 0.288 e. The summed E-state index contributed by atoms with van der Waals surface area (Å²) in [7, 11) is 0. The number of carbonyl (C=O) groups is 3. The number of thioether (sulfide) groups is 1. The van der Waals surface area contributed by atoms with Crippen molar-refractivity contribution in [2.75, 3.05) is 18.8 Å². The summed E-state index contributed by atoms with van der Waals surface area (Å²) >= 11 is 1.03. The predicted octanol–water partition coefficient (Wildman–Crippen LogP) is 2.16. The number of carbonyl (C=O) groups excluding carboxylic acids is 3. The normalized spacial score (nSPS) is 20.5. The van der Waals surface area contributed by atoms with Crippen LogP contribution in [-0.4, -0.2) is 40.8 Å². The number of nitrogens with zero attached hydrogens (tertiary/aromatic N) is 1. The molecule has 0 atom stereocenters. The van der Waals surface area contributed by atoms with Crippen molar-refractivity contribution in [3.8, 4) is 0 Å². The van der Waals surface area contributed by atoms with Crippen LogP contribution in [-0.2, 0) is 9.59 Å². The molecule has 2 aliphatic rings. The van der Waals surface area contributed by atoms with Crippen molar-refractivity contribution >= 4 is 28.8 Å². The number of imide groups is 1. The summed E-state index contributed by atoms with van der Waals surface area (Å²) in [5.74, 6) is 0.806. The lowest BCUT2D eigenvalue weighted by molar-refractivity contribution is -0.125. The maximum Gasteiger partial charge on any atom is 0.288 e. The van der Waals surface area contributed by atoms with Gasteiger partial charge in [-0.05, 0) is 12.3 Å². The topological polar surface area (TPSA) is 66.5 Å². The van der Waals surface area contributed by atoms with Gasteiger partial charge in [-0.1, -0.05) is 43.9 Å². The lowest BCUT2D eigenvalue weighted by Crippen LogP contribution is -2.37. The third-order valence-corrected chi connectivity index (χ3v) is 4.86. The zero-order valence-electron chi connectivity index (χ0n) is 11.7. The van der Waals surface area contributed by atoms with Crippen LogP contribution in [0.25, 0.3) is 0 Å². The second kappa shape index (κ2) is 7.67. The highest BCUT2D eigenvalue weighted by atomic mass is 32.2. The van der Waals surface area contributed by atoms with Crippen LogP contribution in [0.15, 0.2) is 0 Å². The van der Waals surface area contributed by atoms with Gasteiger partial charge in [-0.2, -0.15) is 0 Å². The number of rotatable bonds is 6. The summed E-state index contributed by atoms with van der Waals surface area (Å²) in [4.78, 5) is 35.6. The Morgan fingerprint density at radius 1 is 1.25 bits per heavy atom. The number of hydrogen-bond acceptors (Lipinski definition) is 4. The Morgan fingerprint density at radius 3 is 2.65 bits per heavy atom. The lowest BCUT2D eigenvalue weighted by atomic mass is 9.86. The second-order valence-electron chi connectivity index (χ2n) is 5.49.